The standard InChI is InChI=1S/C11H13N7S2/c1-7-15-8(6-19-7)9-10(12)16-20-11(9)13-2-4-18-5-3-14-17-18/h3,5-6,13H,2,4H2,1H3,(H2,12,16). The van der Waals surface area contributed by atoms with Crippen LogP contribution in [0.15, 0.2) is 17.8 Å². The lowest BCUT2D eigenvalue weighted by Crippen LogP contribution is -2.10. The maximum Gasteiger partial charge on any atom is 0.148 e. The van der Waals surface area contributed by atoms with Gasteiger partial charge in [0.15, 0.2) is 0 Å². The van der Waals surface area contributed by atoms with E-state index in [4.69, 9.17) is 5.73 Å². The van der Waals surface area contributed by atoms with Crippen LogP contribution in [0.25, 0.3) is 11.3 Å². The minimum atomic E-state index is 0.517. The van der Waals surface area contributed by atoms with Crippen molar-refractivity contribution >= 4 is 33.7 Å². The summed E-state index contributed by atoms with van der Waals surface area (Å²) in [5, 5.41) is 15.0. The maximum absolute atomic E-state index is 5.95. The highest BCUT2D eigenvalue weighted by Gasteiger charge is 2.15. The van der Waals surface area contributed by atoms with Crippen molar-refractivity contribution in [1.82, 2.24) is 24.4 Å². The number of anilines is 2. The molecule has 0 saturated carbocycles. The highest BCUT2D eigenvalue weighted by molar-refractivity contribution is 7.11. The van der Waals surface area contributed by atoms with Crippen LogP contribution >= 0.6 is 22.9 Å². The summed E-state index contributed by atoms with van der Waals surface area (Å²) >= 11 is 2.95. The Kier molecular flexibility index (Phi) is 3.61. The smallest absolute Gasteiger partial charge is 0.148 e. The number of nitrogen functional groups attached to an aromatic ring is 1. The molecule has 3 heterocycles. The van der Waals surface area contributed by atoms with Gasteiger partial charge in [0.25, 0.3) is 0 Å². The quantitative estimate of drug-likeness (QED) is 0.747. The second-order valence-corrected chi connectivity index (χ2v) is 5.95. The predicted molar refractivity (Wildman–Crippen MR) is 80.9 cm³/mol. The molecule has 104 valence electrons. The fourth-order valence-corrected chi connectivity index (χ4v) is 3.14. The number of aryl methyl sites for hydroxylation is 1. The van der Waals surface area contributed by atoms with Gasteiger partial charge in [0, 0.05) is 18.1 Å². The van der Waals surface area contributed by atoms with Gasteiger partial charge >= 0.3 is 0 Å². The van der Waals surface area contributed by atoms with E-state index < -0.39 is 0 Å². The maximum atomic E-state index is 5.95. The average Bonchev–Trinajstić information content (AvgIpc) is 3.12. The van der Waals surface area contributed by atoms with E-state index in [1.54, 1.807) is 22.2 Å². The lowest BCUT2D eigenvalue weighted by molar-refractivity contribution is 0.609. The summed E-state index contributed by atoms with van der Waals surface area (Å²) in [6, 6.07) is 0. The van der Waals surface area contributed by atoms with E-state index in [9.17, 15) is 0 Å². The summed E-state index contributed by atoms with van der Waals surface area (Å²) < 4.78 is 5.97. The van der Waals surface area contributed by atoms with Crippen molar-refractivity contribution in [1.29, 1.82) is 0 Å². The highest BCUT2D eigenvalue weighted by Crippen LogP contribution is 2.36. The molecule has 0 atom stereocenters. The van der Waals surface area contributed by atoms with Gasteiger partial charge in [-0.3, -0.25) is 4.68 Å². The summed E-state index contributed by atoms with van der Waals surface area (Å²) in [6.07, 6.45) is 3.49. The van der Waals surface area contributed by atoms with E-state index in [-0.39, 0.29) is 0 Å². The molecule has 0 aliphatic heterocycles. The number of hydrogen-bond acceptors (Lipinski definition) is 8. The summed E-state index contributed by atoms with van der Waals surface area (Å²) in [5.41, 5.74) is 7.71. The molecule has 3 rings (SSSR count). The van der Waals surface area contributed by atoms with E-state index in [1.807, 2.05) is 18.5 Å². The summed E-state index contributed by atoms with van der Waals surface area (Å²) in [5.74, 6) is 0.517. The van der Waals surface area contributed by atoms with Gasteiger partial charge in [-0.05, 0) is 18.5 Å². The SMILES string of the molecule is Cc1nc(-c2c(N)nsc2NCCn2ccnn2)cs1. The summed E-state index contributed by atoms with van der Waals surface area (Å²) in [6.45, 7) is 3.43. The van der Waals surface area contributed by atoms with Crippen LogP contribution in [0.2, 0.25) is 0 Å². The van der Waals surface area contributed by atoms with Gasteiger partial charge in [0.1, 0.15) is 10.8 Å². The van der Waals surface area contributed by atoms with Crippen molar-refractivity contribution < 1.29 is 0 Å². The van der Waals surface area contributed by atoms with Crippen molar-refractivity contribution in [2.24, 2.45) is 0 Å². The molecule has 3 aromatic rings. The molecule has 0 unspecified atom stereocenters. The van der Waals surface area contributed by atoms with Gasteiger partial charge in [-0.2, -0.15) is 4.37 Å². The molecule has 3 N–H and O–H groups in total. The van der Waals surface area contributed by atoms with Crippen LogP contribution < -0.4 is 11.1 Å². The van der Waals surface area contributed by atoms with E-state index in [0.717, 1.165) is 34.4 Å². The van der Waals surface area contributed by atoms with Crippen LogP contribution in [0.5, 0.6) is 0 Å². The number of nitrogens with one attached hydrogen (secondary N) is 1. The second-order valence-electron chi connectivity index (χ2n) is 4.12. The number of hydrogen-bond donors (Lipinski definition) is 2. The van der Waals surface area contributed by atoms with Gasteiger partial charge in [0.2, 0.25) is 0 Å². The van der Waals surface area contributed by atoms with Crippen LogP contribution in [0.3, 0.4) is 0 Å². The molecule has 0 bridgehead atoms. The molecule has 0 saturated heterocycles. The molecule has 0 aliphatic carbocycles. The van der Waals surface area contributed by atoms with E-state index in [0.29, 0.717) is 5.82 Å². The van der Waals surface area contributed by atoms with Crippen molar-refractivity contribution in [3.8, 4) is 11.3 Å². The Morgan fingerprint density at radius 3 is 3.05 bits per heavy atom. The van der Waals surface area contributed by atoms with Gasteiger partial charge in [0.05, 0.1) is 29.0 Å². The fraction of sp³-hybridized carbons (Fsp3) is 0.273. The largest absolute Gasteiger partial charge is 0.382 e. The first kappa shape index (κ1) is 13.0. The number of rotatable bonds is 5. The lowest BCUT2D eigenvalue weighted by atomic mass is 10.2. The number of nitrogens with zero attached hydrogens (tertiary/aromatic N) is 5. The monoisotopic (exact) mass is 307 g/mol. The Morgan fingerprint density at radius 2 is 2.35 bits per heavy atom. The Hall–Kier alpha value is -2.00. The van der Waals surface area contributed by atoms with Gasteiger partial charge in [-0.15, -0.1) is 16.4 Å². The Balaban J connectivity index is 1.74. The normalized spacial score (nSPS) is 10.8. The Bertz CT molecular complexity index is 686. The van der Waals surface area contributed by atoms with E-state index in [1.165, 1.54) is 11.5 Å². The number of aromatic nitrogens is 5. The minimum Gasteiger partial charge on any atom is -0.382 e. The Morgan fingerprint density at radius 1 is 1.45 bits per heavy atom. The van der Waals surface area contributed by atoms with Crippen molar-refractivity contribution in [2.45, 2.75) is 13.5 Å². The van der Waals surface area contributed by atoms with E-state index >= 15 is 0 Å². The average molecular weight is 307 g/mol. The van der Waals surface area contributed by atoms with Crippen LogP contribution in [-0.2, 0) is 6.54 Å². The number of nitrogens with two attached hydrogens (primary N) is 1. The third-order valence-electron chi connectivity index (χ3n) is 2.69. The second kappa shape index (κ2) is 5.55. The molecule has 9 heteroatoms. The molecule has 0 amide bonds. The topological polar surface area (TPSA) is 94.5 Å². The van der Waals surface area contributed by atoms with Crippen LogP contribution in [0.1, 0.15) is 5.01 Å². The minimum absolute atomic E-state index is 0.517. The van der Waals surface area contributed by atoms with Crippen LogP contribution in [-0.4, -0.2) is 30.9 Å². The fourth-order valence-electron chi connectivity index (χ4n) is 1.78. The van der Waals surface area contributed by atoms with Gasteiger partial charge in [-0.25, -0.2) is 4.98 Å². The first-order valence-corrected chi connectivity index (χ1v) is 7.65. The molecular weight excluding hydrogens is 294 g/mol. The molecule has 20 heavy (non-hydrogen) atoms. The molecule has 0 radical (unpaired) electrons. The summed E-state index contributed by atoms with van der Waals surface area (Å²) in [7, 11) is 0. The summed E-state index contributed by atoms with van der Waals surface area (Å²) in [4.78, 5) is 4.47. The zero-order chi connectivity index (χ0) is 13.9. The first-order chi connectivity index (χ1) is 9.74. The molecule has 7 nitrogen and oxygen atoms in total. The van der Waals surface area contributed by atoms with Crippen LogP contribution in [0, 0.1) is 6.92 Å². The van der Waals surface area contributed by atoms with Crippen molar-refractivity contribution in [2.75, 3.05) is 17.6 Å². The number of thiazole rings is 1. The van der Waals surface area contributed by atoms with Crippen molar-refractivity contribution in [3.63, 3.8) is 0 Å². The molecule has 0 aliphatic rings. The molecular formula is C11H13N7S2. The molecule has 3 aromatic heterocycles. The third-order valence-corrected chi connectivity index (χ3v) is 4.28. The first-order valence-electron chi connectivity index (χ1n) is 5.99. The van der Waals surface area contributed by atoms with Gasteiger partial charge in [-0.1, -0.05) is 5.21 Å². The predicted octanol–water partition coefficient (Wildman–Crippen LogP) is 1.86. The molecule has 0 aromatic carbocycles. The third kappa shape index (κ3) is 2.63. The molecule has 0 fully saturated rings. The van der Waals surface area contributed by atoms with Crippen LogP contribution in [0.4, 0.5) is 10.8 Å². The van der Waals surface area contributed by atoms with E-state index in [2.05, 4.69) is 25.0 Å². The zero-order valence-electron chi connectivity index (χ0n) is 10.8. The Labute approximate surface area is 123 Å². The van der Waals surface area contributed by atoms with Gasteiger partial charge < -0.3 is 11.1 Å². The zero-order valence-corrected chi connectivity index (χ0v) is 12.4. The van der Waals surface area contributed by atoms with Crippen molar-refractivity contribution in [3.05, 3.63) is 22.8 Å². The highest BCUT2D eigenvalue weighted by atomic mass is 32.1. The lowest BCUT2D eigenvalue weighted by Gasteiger charge is -2.05. The molecule has 0 spiro atoms.